The van der Waals surface area contributed by atoms with Crippen LogP contribution >= 0.6 is 34.7 Å². The Bertz CT molecular complexity index is 616. The van der Waals surface area contributed by atoms with Crippen molar-refractivity contribution in [1.29, 1.82) is 0 Å². The molecule has 1 fully saturated rings. The van der Waals surface area contributed by atoms with Gasteiger partial charge in [-0.1, -0.05) is 11.6 Å². The molecular formula is C14H15ClN2O2S2. The maximum atomic E-state index is 12.0. The first-order valence-corrected chi connectivity index (χ1v) is 8.70. The van der Waals surface area contributed by atoms with Crippen molar-refractivity contribution in [2.75, 3.05) is 13.1 Å². The fourth-order valence-corrected chi connectivity index (χ4v) is 4.40. The molecule has 3 rings (SSSR count). The zero-order valence-corrected chi connectivity index (χ0v) is 14.1. The van der Waals surface area contributed by atoms with E-state index in [1.165, 1.54) is 23.1 Å². The fourth-order valence-electron chi connectivity index (χ4n) is 2.40. The Hall–Kier alpha value is -0.820. The van der Waals surface area contributed by atoms with Gasteiger partial charge in [0, 0.05) is 18.0 Å². The van der Waals surface area contributed by atoms with Crippen LogP contribution in [0.5, 0.6) is 0 Å². The molecule has 7 heteroatoms. The van der Waals surface area contributed by atoms with Crippen molar-refractivity contribution in [3.05, 3.63) is 26.3 Å². The summed E-state index contributed by atoms with van der Waals surface area (Å²) in [6.07, 6.45) is 2.15. The third-order valence-corrected chi connectivity index (χ3v) is 5.39. The molecule has 4 nitrogen and oxygen atoms in total. The van der Waals surface area contributed by atoms with E-state index in [9.17, 15) is 4.79 Å². The van der Waals surface area contributed by atoms with Crippen molar-refractivity contribution in [3.63, 3.8) is 0 Å². The van der Waals surface area contributed by atoms with E-state index in [2.05, 4.69) is 9.89 Å². The number of amides is 1. The third-order valence-electron chi connectivity index (χ3n) is 3.17. The molecule has 0 bridgehead atoms. The van der Waals surface area contributed by atoms with Crippen LogP contribution in [-0.4, -0.2) is 41.3 Å². The summed E-state index contributed by atoms with van der Waals surface area (Å²) in [6, 6.07) is 3.74. The average Bonchev–Trinajstić information content (AvgIpc) is 2.96. The van der Waals surface area contributed by atoms with Crippen molar-refractivity contribution in [2.24, 2.45) is 4.99 Å². The third kappa shape index (κ3) is 3.51. The molecule has 112 valence electrons. The van der Waals surface area contributed by atoms with E-state index in [0.717, 1.165) is 23.1 Å². The number of amidine groups is 1. The summed E-state index contributed by atoms with van der Waals surface area (Å²) in [5.41, 5.74) is 0. The van der Waals surface area contributed by atoms with Gasteiger partial charge in [-0.05, 0) is 43.8 Å². The Kier molecular flexibility index (Phi) is 4.40. The number of thiophene rings is 1. The highest BCUT2D eigenvalue weighted by molar-refractivity contribution is 8.18. The van der Waals surface area contributed by atoms with E-state index in [-0.39, 0.29) is 18.1 Å². The zero-order chi connectivity index (χ0) is 15.0. The van der Waals surface area contributed by atoms with Gasteiger partial charge in [-0.15, -0.1) is 11.3 Å². The Morgan fingerprint density at radius 3 is 2.71 bits per heavy atom. The van der Waals surface area contributed by atoms with Crippen molar-refractivity contribution < 1.29 is 9.53 Å². The van der Waals surface area contributed by atoms with Crippen LogP contribution in [0.2, 0.25) is 4.34 Å². The second-order valence-corrected chi connectivity index (χ2v) is 7.87. The van der Waals surface area contributed by atoms with Crippen LogP contribution in [-0.2, 0) is 9.53 Å². The molecule has 1 amide bonds. The fraction of sp³-hybridized carbons (Fsp3) is 0.429. The van der Waals surface area contributed by atoms with Crippen LogP contribution in [0.4, 0.5) is 0 Å². The zero-order valence-electron chi connectivity index (χ0n) is 11.7. The second kappa shape index (κ2) is 6.12. The predicted octanol–water partition coefficient (Wildman–Crippen LogP) is 3.48. The summed E-state index contributed by atoms with van der Waals surface area (Å²) >= 11 is 8.79. The van der Waals surface area contributed by atoms with Gasteiger partial charge in [-0.25, -0.2) is 0 Å². The molecule has 1 saturated heterocycles. The quantitative estimate of drug-likeness (QED) is 0.733. The Morgan fingerprint density at radius 2 is 2.10 bits per heavy atom. The normalized spacial score (nSPS) is 28.3. The summed E-state index contributed by atoms with van der Waals surface area (Å²) in [5, 5.41) is 0.774. The standard InChI is InChI=1S/C14H15ClN2O2S2/c1-8-6-17(7-9(2)19-8)14-16-13(18)11(21-14)5-10-3-4-12(15)20-10/h3-5,8-9H,6-7H2,1-2H3. The van der Waals surface area contributed by atoms with E-state index in [4.69, 9.17) is 16.3 Å². The molecule has 21 heavy (non-hydrogen) atoms. The summed E-state index contributed by atoms with van der Waals surface area (Å²) < 4.78 is 6.43. The van der Waals surface area contributed by atoms with Crippen LogP contribution in [0.25, 0.3) is 6.08 Å². The molecular weight excluding hydrogens is 328 g/mol. The molecule has 0 saturated carbocycles. The monoisotopic (exact) mass is 342 g/mol. The minimum atomic E-state index is -0.175. The maximum absolute atomic E-state index is 12.0. The van der Waals surface area contributed by atoms with Gasteiger partial charge in [0.25, 0.3) is 5.91 Å². The topological polar surface area (TPSA) is 41.9 Å². The molecule has 0 aliphatic carbocycles. The molecule has 0 radical (unpaired) electrons. The minimum Gasteiger partial charge on any atom is -0.372 e. The van der Waals surface area contributed by atoms with Crippen LogP contribution in [0.15, 0.2) is 22.0 Å². The van der Waals surface area contributed by atoms with Gasteiger partial charge in [-0.2, -0.15) is 4.99 Å². The van der Waals surface area contributed by atoms with Gasteiger partial charge >= 0.3 is 0 Å². The van der Waals surface area contributed by atoms with Crippen molar-refractivity contribution in [3.8, 4) is 0 Å². The number of carbonyl (C=O) groups excluding carboxylic acids is 1. The van der Waals surface area contributed by atoms with E-state index < -0.39 is 0 Å². The largest absolute Gasteiger partial charge is 0.372 e. The molecule has 0 aromatic carbocycles. The molecule has 1 aromatic rings. The number of carbonyl (C=O) groups is 1. The number of ether oxygens (including phenoxy) is 1. The van der Waals surface area contributed by atoms with Crippen LogP contribution < -0.4 is 0 Å². The van der Waals surface area contributed by atoms with E-state index in [1.807, 2.05) is 32.1 Å². The number of aliphatic imine (C=N–C) groups is 1. The SMILES string of the molecule is CC1CN(C2=NC(=O)C(=Cc3ccc(Cl)s3)S2)CC(C)O1. The van der Waals surface area contributed by atoms with Crippen LogP contribution in [0.1, 0.15) is 18.7 Å². The van der Waals surface area contributed by atoms with Gasteiger partial charge in [-0.3, -0.25) is 4.79 Å². The highest BCUT2D eigenvalue weighted by Crippen LogP contribution is 2.33. The average molecular weight is 343 g/mol. The first-order chi connectivity index (χ1) is 10.0. The maximum Gasteiger partial charge on any atom is 0.286 e. The summed E-state index contributed by atoms with van der Waals surface area (Å²) in [4.78, 5) is 20.0. The lowest BCUT2D eigenvalue weighted by Crippen LogP contribution is -2.47. The lowest BCUT2D eigenvalue weighted by atomic mass is 10.2. The van der Waals surface area contributed by atoms with Gasteiger partial charge in [0.2, 0.25) is 0 Å². The second-order valence-electron chi connectivity index (χ2n) is 5.11. The van der Waals surface area contributed by atoms with Gasteiger partial charge in [0.1, 0.15) is 0 Å². The van der Waals surface area contributed by atoms with Gasteiger partial charge < -0.3 is 9.64 Å². The van der Waals surface area contributed by atoms with Gasteiger partial charge in [0.05, 0.1) is 21.4 Å². The molecule has 2 aliphatic rings. The Morgan fingerprint density at radius 1 is 1.38 bits per heavy atom. The number of morpholine rings is 1. The Balaban J connectivity index is 1.74. The number of nitrogens with zero attached hydrogens (tertiary/aromatic N) is 2. The number of rotatable bonds is 1. The molecule has 0 spiro atoms. The van der Waals surface area contributed by atoms with Gasteiger partial charge in [0.15, 0.2) is 5.17 Å². The van der Waals surface area contributed by atoms with Crippen LogP contribution in [0.3, 0.4) is 0 Å². The van der Waals surface area contributed by atoms with Crippen LogP contribution in [0, 0.1) is 0 Å². The van der Waals surface area contributed by atoms with E-state index in [0.29, 0.717) is 9.24 Å². The molecule has 0 N–H and O–H groups in total. The smallest absolute Gasteiger partial charge is 0.286 e. The molecule has 1 aromatic heterocycles. The lowest BCUT2D eigenvalue weighted by molar-refractivity contribution is -0.113. The molecule has 2 atom stereocenters. The highest BCUT2D eigenvalue weighted by Gasteiger charge is 2.31. The summed E-state index contributed by atoms with van der Waals surface area (Å²) in [6.45, 7) is 5.60. The van der Waals surface area contributed by atoms with E-state index >= 15 is 0 Å². The number of halogens is 1. The van der Waals surface area contributed by atoms with E-state index in [1.54, 1.807) is 0 Å². The lowest BCUT2D eigenvalue weighted by Gasteiger charge is -2.35. The molecule has 2 aliphatic heterocycles. The first-order valence-electron chi connectivity index (χ1n) is 6.69. The molecule has 3 heterocycles. The molecule has 2 unspecified atom stereocenters. The van der Waals surface area contributed by atoms with Crippen molar-refractivity contribution >= 4 is 51.9 Å². The highest BCUT2D eigenvalue weighted by atomic mass is 35.5. The minimum absolute atomic E-state index is 0.149. The number of hydrogen-bond donors (Lipinski definition) is 0. The summed E-state index contributed by atoms with van der Waals surface area (Å²) in [7, 11) is 0. The summed E-state index contributed by atoms with van der Waals surface area (Å²) in [5.74, 6) is -0.175. The first kappa shape index (κ1) is 15.1. The number of hydrogen-bond acceptors (Lipinski definition) is 5. The number of thioether (sulfide) groups is 1. The van der Waals surface area contributed by atoms with Crippen molar-refractivity contribution in [2.45, 2.75) is 26.1 Å². The van der Waals surface area contributed by atoms with Crippen molar-refractivity contribution in [1.82, 2.24) is 4.90 Å². The Labute approximate surface area is 136 Å². The predicted molar refractivity (Wildman–Crippen MR) is 88.9 cm³/mol.